The number of halogens is 2. The standard InChI is InChI=1S/C17H11Cl2N3S2/c18-11-5-6-14-12(7-11)16(19)10(9-23-14)8-20-22-17-21-13-3-1-2-4-15(13)24-17/h1-8H,9H2,(H,21,22)/b20-8+. The molecule has 1 aliphatic rings. The van der Waals surface area contributed by atoms with Crippen LogP contribution >= 0.6 is 46.3 Å². The minimum absolute atomic E-state index is 0.679. The number of thioether (sulfide) groups is 1. The van der Waals surface area contributed by atoms with Crippen LogP contribution in [0.25, 0.3) is 15.2 Å². The fraction of sp³-hybridized carbons (Fsp3) is 0.0588. The lowest BCUT2D eigenvalue weighted by atomic mass is 10.1. The maximum absolute atomic E-state index is 6.51. The molecule has 0 aliphatic carbocycles. The van der Waals surface area contributed by atoms with Crippen LogP contribution in [0.5, 0.6) is 0 Å². The molecule has 3 aromatic rings. The third kappa shape index (κ3) is 3.17. The number of anilines is 1. The summed E-state index contributed by atoms with van der Waals surface area (Å²) >= 11 is 15.9. The third-order valence-corrected chi connectivity index (χ3v) is 6.26. The lowest BCUT2D eigenvalue weighted by molar-refractivity contribution is 1.30. The number of nitrogens with zero attached hydrogens (tertiary/aromatic N) is 2. The predicted octanol–water partition coefficient (Wildman–Crippen LogP) is 6.10. The van der Waals surface area contributed by atoms with E-state index in [2.05, 4.69) is 15.5 Å². The highest BCUT2D eigenvalue weighted by molar-refractivity contribution is 7.99. The molecule has 0 unspecified atom stereocenters. The van der Waals surface area contributed by atoms with Gasteiger partial charge in [-0.1, -0.05) is 46.7 Å². The average Bonchev–Trinajstić information content (AvgIpc) is 3.00. The van der Waals surface area contributed by atoms with Gasteiger partial charge in [0.05, 0.1) is 21.5 Å². The molecule has 0 radical (unpaired) electrons. The Kier molecular flexibility index (Phi) is 4.50. The Bertz CT molecular complexity index is 946. The average molecular weight is 392 g/mol. The van der Waals surface area contributed by atoms with Crippen molar-refractivity contribution < 1.29 is 0 Å². The number of fused-ring (bicyclic) bond motifs is 2. The van der Waals surface area contributed by atoms with Crippen LogP contribution in [0.3, 0.4) is 0 Å². The van der Waals surface area contributed by atoms with Crippen molar-refractivity contribution in [3.05, 3.63) is 58.6 Å². The van der Waals surface area contributed by atoms with Crippen molar-refractivity contribution in [3.63, 3.8) is 0 Å². The summed E-state index contributed by atoms with van der Waals surface area (Å²) in [5.74, 6) is 0.776. The van der Waals surface area contributed by atoms with Gasteiger partial charge in [0.25, 0.3) is 0 Å². The van der Waals surface area contributed by atoms with Gasteiger partial charge in [-0.15, -0.1) is 11.8 Å². The Hall–Kier alpha value is -1.53. The van der Waals surface area contributed by atoms with Gasteiger partial charge in [-0.3, -0.25) is 5.43 Å². The maximum atomic E-state index is 6.51. The van der Waals surface area contributed by atoms with Gasteiger partial charge in [-0.25, -0.2) is 4.98 Å². The van der Waals surface area contributed by atoms with E-state index in [1.807, 2.05) is 42.5 Å². The first-order valence-corrected chi connectivity index (χ1v) is 9.72. The molecule has 1 N–H and O–H groups in total. The molecule has 3 nitrogen and oxygen atoms in total. The van der Waals surface area contributed by atoms with Crippen LogP contribution in [0.4, 0.5) is 5.13 Å². The smallest absolute Gasteiger partial charge is 0.204 e. The van der Waals surface area contributed by atoms with Crippen LogP contribution in [0.15, 0.2) is 58.0 Å². The zero-order chi connectivity index (χ0) is 16.5. The van der Waals surface area contributed by atoms with E-state index in [9.17, 15) is 0 Å². The number of aromatic nitrogens is 1. The summed E-state index contributed by atoms with van der Waals surface area (Å²) in [6, 6.07) is 13.8. The SMILES string of the molecule is ClC1=C(/C=N/Nc2nc3ccccc3s2)CSc2ccc(Cl)cc21. The third-order valence-electron chi connectivity index (χ3n) is 3.52. The molecule has 2 aromatic carbocycles. The van der Waals surface area contributed by atoms with E-state index in [4.69, 9.17) is 23.2 Å². The second-order valence-electron chi connectivity index (χ2n) is 5.13. The summed E-state index contributed by atoms with van der Waals surface area (Å²) < 4.78 is 1.13. The van der Waals surface area contributed by atoms with Gasteiger partial charge < -0.3 is 0 Å². The number of benzene rings is 2. The van der Waals surface area contributed by atoms with E-state index in [0.717, 1.165) is 37.1 Å². The molecule has 2 heterocycles. The van der Waals surface area contributed by atoms with Crippen molar-refractivity contribution >= 4 is 72.9 Å². The van der Waals surface area contributed by atoms with E-state index in [-0.39, 0.29) is 0 Å². The van der Waals surface area contributed by atoms with Gasteiger partial charge in [-0.2, -0.15) is 5.10 Å². The Labute approximate surface area is 157 Å². The molecular weight excluding hydrogens is 381 g/mol. The van der Waals surface area contributed by atoms with Gasteiger partial charge in [0.15, 0.2) is 0 Å². The zero-order valence-electron chi connectivity index (χ0n) is 12.3. The first-order chi connectivity index (χ1) is 11.7. The van der Waals surface area contributed by atoms with Crippen LogP contribution in [-0.4, -0.2) is 17.0 Å². The molecule has 0 bridgehead atoms. The lowest BCUT2D eigenvalue weighted by Crippen LogP contribution is -2.02. The van der Waals surface area contributed by atoms with Gasteiger partial charge in [0.1, 0.15) is 0 Å². The lowest BCUT2D eigenvalue weighted by Gasteiger charge is -2.17. The largest absolute Gasteiger partial charge is 0.253 e. The van der Waals surface area contributed by atoms with Crippen molar-refractivity contribution in [1.29, 1.82) is 0 Å². The normalized spacial score (nSPS) is 14.4. The van der Waals surface area contributed by atoms with Crippen LogP contribution in [-0.2, 0) is 0 Å². The van der Waals surface area contributed by atoms with Crippen LogP contribution in [0.1, 0.15) is 5.56 Å². The molecule has 0 fully saturated rings. The molecule has 24 heavy (non-hydrogen) atoms. The number of hydrogen-bond donors (Lipinski definition) is 1. The number of thiazole rings is 1. The molecule has 4 rings (SSSR count). The summed E-state index contributed by atoms with van der Waals surface area (Å²) in [5.41, 5.74) is 5.88. The van der Waals surface area contributed by atoms with Gasteiger partial charge in [0, 0.05) is 26.8 Å². The van der Waals surface area contributed by atoms with Crippen molar-refractivity contribution in [2.45, 2.75) is 4.90 Å². The number of hydrazone groups is 1. The van der Waals surface area contributed by atoms with Crippen molar-refractivity contribution in [2.24, 2.45) is 5.10 Å². The maximum Gasteiger partial charge on any atom is 0.204 e. The Morgan fingerprint density at radius 2 is 2.04 bits per heavy atom. The van der Waals surface area contributed by atoms with E-state index in [1.54, 1.807) is 29.3 Å². The molecular formula is C17H11Cl2N3S2. The summed E-state index contributed by atoms with van der Waals surface area (Å²) in [6.07, 6.45) is 1.76. The molecule has 0 amide bonds. The molecule has 120 valence electrons. The zero-order valence-corrected chi connectivity index (χ0v) is 15.4. The molecule has 7 heteroatoms. The van der Waals surface area contributed by atoms with Crippen LogP contribution in [0.2, 0.25) is 5.02 Å². The predicted molar refractivity (Wildman–Crippen MR) is 107 cm³/mol. The molecule has 0 atom stereocenters. The van der Waals surface area contributed by atoms with E-state index in [0.29, 0.717) is 10.1 Å². The van der Waals surface area contributed by atoms with E-state index >= 15 is 0 Å². The minimum Gasteiger partial charge on any atom is -0.253 e. The summed E-state index contributed by atoms with van der Waals surface area (Å²) in [6.45, 7) is 0. The highest BCUT2D eigenvalue weighted by Gasteiger charge is 2.17. The van der Waals surface area contributed by atoms with Crippen LogP contribution in [0, 0.1) is 0 Å². The van der Waals surface area contributed by atoms with Crippen molar-refractivity contribution in [2.75, 3.05) is 11.2 Å². The van der Waals surface area contributed by atoms with E-state index in [1.165, 1.54) is 0 Å². The van der Waals surface area contributed by atoms with Crippen molar-refractivity contribution in [1.82, 2.24) is 4.98 Å². The van der Waals surface area contributed by atoms with E-state index < -0.39 is 0 Å². The number of para-hydroxylation sites is 1. The number of rotatable bonds is 3. The fourth-order valence-electron chi connectivity index (χ4n) is 2.37. The molecule has 0 saturated carbocycles. The number of hydrogen-bond acceptors (Lipinski definition) is 5. The Morgan fingerprint density at radius 3 is 2.92 bits per heavy atom. The first-order valence-electron chi connectivity index (χ1n) is 7.17. The molecule has 0 spiro atoms. The highest BCUT2D eigenvalue weighted by atomic mass is 35.5. The minimum atomic E-state index is 0.679. The molecule has 0 saturated heterocycles. The van der Waals surface area contributed by atoms with Gasteiger partial charge in [-0.05, 0) is 30.3 Å². The Morgan fingerprint density at radius 1 is 1.17 bits per heavy atom. The first kappa shape index (κ1) is 16.0. The van der Waals surface area contributed by atoms with Crippen molar-refractivity contribution in [3.8, 4) is 0 Å². The molecule has 1 aliphatic heterocycles. The second kappa shape index (κ2) is 6.76. The second-order valence-corrected chi connectivity index (χ2v) is 7.99. The summed E-state index contributed by atoms with van der Waals surface area (Å²) in [4.78, 5) is 5.62. The summed E-state index contributed by atoms with van der Waals surface area (Å²) in [5, 5.41) is 6.43. The fourth-order valence-corrected chi connectivity index (χ4v) is 4.78. The monoisotopic (exact) mass is 391 g/mol. The van der Waals surface area contributed by atoms with Crippen LogP contribution < -0.4 is 5.43 Å². The van der Waals surface area contributed by atoms with Gasteiger partial charge >= 0.3 is 0 Å². The Balaban J connectivity index is 1.56. The quantitative estimate of drug-likeness (QED) is 0.432. The topological polar surface area (TPSA) is 37.3 Å². The number of nitrogens with one attached hydrogen (secondary N) is 1. The summed E-state index contributed by atoms with van der Waals surface area (Å²) in [7, 11) is 0. The van der Waals surface area contributed by atoms with Gasteiger partial charge in [0.2, 0.25) is 5.13 Å². The highest BCUT2D eigenvalue weighted by Crippen LogP contribution is 2.39. The molecule has 1 aromatic heterocycles.